The second-order valence-corrected chi connectivity index (χ2v) is 5.94. The van der Waals surface area contributed by atoms with Crippen LogP contribution in [0.1, 0.15) is 26.2 Å². The molecule has 0 spiro atoms. The smallest absolute Gasteiger partial charge is 0.0698 e. The summed E-state index contributed by atoms with van der Waals surface area (Å²) in [6.45, 7) is 4.55. The molecule has 2 atom stereocenters. The van der Waals surface area contributed by atoms with Crippen molar-refractivity contribution in [3.8, 4) is 0 Å². The SMILES string of the molecule is CCSC1CCC(N(C)CCOCCO)C1. The van der Waals surface area contributed by atoms with Crippen LogP contribution in [-0.2, 0) is 4.74 Å². The van der Waals surface area contributed by atoms with Crippen molar-refractivity contribution >= 4 is 11.8 Å². The van der Waals surface area contributed by atoms with Crippen molar-refractivity contribution in [3.63, 3.8) is 0 Å². The minimum Gasteiger partial charge on any atom is -0.394 e. The molecule has 1 rings (SSSR count). The van der Waals surface area contributed by atoms with Gasteiger partial charge in [-0.1, -0.05) is 6.92 Å². The molecular weight excluding hydrogens is 222 g/mol. The van der Waals surface area contributed by atoms with E-state index in [9.17, 15) is 0 Å². The number of hydrogen-bond donors (Lipinski definition) is 1. The van der Waals surface area contributed by atoms with Gasteiger partial charge in [0.2, 0.25) is 0 Å². The van der Waals surface area contributed by atoms with Crippen LogP contribution < -0.4 is 0 Å². The van der Waals surface area contributed by atoms with Crippen molar-refractivity contribution in [1.82, 2.24) is 4.90 Å². The second-order valence-electron chi connectivity index (χ2n) is 4.36. The van der Waals surface area contributed by atoms with Crippen LogP contribution in [0.25, 0.3) is 0 Å². The number of thioether (sulfide) groups is 1. The Morgan fingerprint density at radius 1 is 1.38 bits per heavy atom. The summed E-state index contributed by atoms with van der Waals surface area (Å²) in [5.41, 5.74) is 0. The third-order valence-corrected chi connectivity index (χ3v) is 4.44. The summed E-state index contributed by atoms with van der Waals surface area (Å²) < 4.78 is 5.29. The largest absolute Gasteiger partial charge is 0.394 e. The van der Waals surface area contributed by atoms with Crippen LogP contribution >= 0.6 is 11.8 Å². The predicted octanol–water partition coefficient (Wildman–Crippen LogP) is 1.60. The fourth-order valence-electron chi connectivity index (χ4n) is 2.26. The fourth-order valence-corrected chi connectivity index (χ4v) is 3.39. The molecule has 0 saturated heterocycles. The summed E-state index contributed by atoms with van der Waals surface area (Å²) in [5.74, 6) is 1.24. The standard InChI is InChI=1S/C12H25NO2S/c1-3-16-12-5-4-11(10-12)13(2)6-8-15-9-7-14/h11-12,14H,3-10H2,1-2H3. The molecule has 2 unspecified atom stereocenters. The Hall–Kier alpha value is 0.230. The molecule has 0 aliphatic heterocycles. The minimum absolute atomic E-state index is 0.127. The van der Waals surface area contributed by atoms with Crippen molar-refractivity contribution in [2.45, 2.75) is 37.5 Å². The lowest BCUT2D eigenvalue weighted by atomic mass is 10.2. The number of nitrogens with zero attached hydrogens (tertiary/aromatic N) is 1. The molecule has 0 radical (unpaired) electrons. The van der Waals surface area contributed by atoms with Gasteiger partial charge in [-0.3, -0.25) is 0 Å². The summed E-state index contributed by atoms with van der Waals surface area (Å²) in [6.07, 6.45) is 4.02. The van der Waals surface area contributed by atoms with Crippen molar-refractivity contribution in [1.29, 1.82) is 0 Å². The van der Waals surface area contributed by atoms with Crippen LogP contribution in [0, 0.1) is 0 Å². The monoisotopic (exact) mass is 247 g/mol. The molecule has 0 aromatic heterocycles. The molecule has 4 heteroatoms. The minimum atomic E-state index is 0.127. The molecule has 1 aliphatic carbocycles. The zero-order valence-corrected chi connectivity index (χ0v) is 11.3. The van der Waals surface area contributed by atoms with Gasteiger partial charge in [-0.25, -0.2) is 0 Å². The molecule has 1 aliphatic rings. The van der Waals surface area contributed by atoms with Crippen LogP contribution in [0.3, 0.4) is 0 Å². The van der Waals surface area contributed by atoms with E-state index in [1.54, 1.807) is 0 Å². The van der Waals surface area contributed by atoms with Gasteiger partial charge in [-0.05, 0) is 32.1 Å². The molecule has 1 fully saturated rings. The highest BCUT2D eigenvalue weighted by Gasteiger charge is 2.26. The molecule has 96 valence electrons. The van der Waals surface area contributed by atoms with Crippen LogP contribution in [0.5, 0.6) is 0 Å². The molecule has 1 saturated carbocycles. The maximum Gasteiger partial charge on any atom is 0.0698 e. The van der Waals surface area contributed by atoms with Gasteiger partial charge in [0.05, 0.1) is 19.8 Å². The first kappa shape index (κ1) is 14.3. The summed E-state index contributed by atoms with van der Waals surface area (Å²) in [4.78, 5) is 2.41. The molecule has 1 N–H and O–H groups in total. The number of rotatable bonds is 8. The van der Waals surface area contributed by atoms with E-state index in [1.165, 1.54) is 25.0 Å². The predicted molar refractivity (Wildman–Crippen MR) is 70.1 cm³/mol. The van der Waals surface area contributed by atoms with Crippen LogP contribution in [0.15, 0.2) is 0 Å². The number of ether oxygens (including phenoxy) is 1. The summed E-state index contributed by atoms with van der Waals surface area (Å²) in [6, 6.07) is 0.738. The van der Waals surface area contributed by atoms with Crippen LogP contribution in [-0.4, -0.2) is 60.5 Å². The second kappa shape index (κ2) is 8.34. The number of hydrogen-bond acceptors (Lipinski definition) is 4. The van der Waals surface area contributed by atoms with Gasteiger partial charge in [0, 0.05) is 17.8 Å². The highest BCUT2D eigenvalue weighted by molar-refractivity contribution is 7.99. The number of aliphatic hydroxyl groups excluding tert-OH is 1. The lowest BCUT2D eigenvalue weighted by Crippen LogP contribution is -2.32. The molecule has 0 aromatic rings. The van der Waals surface area contributed by atoms with Gasteiger partial charge in [-0.15, -0.1) is 0 Å². The van der Waals surface area contributed by atoms with Gasteiger partial charge in [0.15, 0.2) is 0 Å². The topological polar surface area (TPSA) is 32.7 Å². The van der Waals surface area contributed by atoms with Gasteiger partial charge >= 0.3 is 0 Å². The molecular formula is C12H25NO2S. The molecule has 0 aromatic carbocycles. The van der Waals surface area contributed by atoms with Crippen LogP contribution in [0.4, 0.5) is 0 Å². The average Bonchev–Trinajstić information content (AvgIpc) is 2.73. The first-order chi connectivity index (χ1) is 7.77. The van der Waals surface area contributed by atoms with E-state index >= 15 is 0 Å². The van der Waals surface area contributed by atoms with Crippen LogP contribution in [0.2, 0.25) is 0 Å². The lowest BCUT2D eigenvalue weighted by Gasteiger charge is -2.24. The van der Waals surface area contributed by atoms with Crippen molar-refractivity contribution in [2.75, 3.05) is 39.2 Å². The maximum absolute atomic E-state index is 8.60. The number of likely N-dealkylation sites (N-methyl/N-ethyl adjacent to an activating group) is 1. The van der Waals surface area contributed by atoms with Gasteiger partial charge < -0.3 is 14.7 Å². The highest BCUT2D eigenvalue weighted by Crippen LogP contribution is 2.31. The molecule has 3 nitrogen and oxygen atoms in total. The molecule has 0 amide bonds. The Morgan fingerprint density at radius 2 is 2.19 bits per heavy atom. The zero-order valence-electron chi connectivity index (χ0n) is 10.5. The molecule has 0 bridgehead atoms. The first-order valence-electron chi connectivity index (χ1n) is 6.28. The Balaban J connectivity index is 2.10. The van der Waals surface area contributed by atoms with Gasteiger partial charge in [0.1, 0.15) is 0 Å². The normalized spacial score (nSPS) is 25.5. The number of aliphatic hydroxyl groups is 1. The van der Waals surface area contributed by atoms with Crippen molar-refractivity contribution < 1.29 is 9.84 Å². The Kier molecular flexibility index (Phi) is 7.45. The maximum atomic E-state index is 8.60. The van der Waals surface area contributed by atoms with Crippen molar-refractivity contribution in [2.24, 2.45) is 0 Å². The zero-order chi connectivity index (χ0) is 11.8. The van der Waals surface area contributed by atoms with Crippen molar-refractivity contribution in [3.05, 3.63) is 0 Å². The Bertz CT molecular complexity index is 180. The van der Waals surface area contributed by atoms with E-state index in [0.29, 0.717) is 6.61 Å². The summed E-state index contributed by atoms with van der Waals surface area (Å²) >= 11 is 2.10. The Labute approximate surface area is 104 Å². The van der Waals surface area contributed by atoms with E-state index in [4.69, 9.17) is 9.84 Å². The quantitative estimate of drug-likeness (QED) is 0.661. The molecule has 16 heavy (non-hydrogen) atoms. The van der Waals surface area contributed by atoms with E-state index in [-0.39, 0.29) is 6.61 Å². The summed E-state index contributed by atoms with van der Waals surface area (Å²) in [5, 5.41) is 9.47. The van der Waals surface area contributed by atoms with E-state index in [0.717, 1.165) is 24.4 Å². The third-order valence-electron chi connectivity index (χ3n) is 3.21. The van der Waals surface area contributed by atoms with Gasteiger partial charge in [-0.2, -0.15) is 11.8 Å². The van der Waals surface area contributed by atoms with E-state index < -0.39 is 0 Å². The lowest BCUT2D eigenvalue weighted by molar-refractivity contribution is 0.0709. The van der Waals surface area contributed by atoms with E-state index in [1.807, 2.05) is 0 Å². The van der Waals surface area contributed by atoms with Gasteiger partial charge in [0.25, 0.3) is 0 Å². The molecule has 0 heterocycles. The first-order valence-corrected chi connectivity index (χ1v) is 7.33. The van der Waals surface area contributed by atoms with E-state index in [2.05, 4.69) is 30.6 Å². The summed E-state index contributed by atoms with van der Waals surface area (Å²) in [7, 11) is 2.19. The fraction of sp³-hybridized carbons (Fsp3) is 1.00. The Morgan fingerprint density at radius 3 is 2.88 bits per heavy atom. The highest BCUT2D eigenvalue weighted by atomic mass is 32.2. The average molecular weight is 247 g/mol. The third kappa shape index (κ3) is 5.04.